The van der Waals surface area contributed by atoms with Crippen molar-refractivity contribution in [3.05, 3.63) is 127 Å². The first-order valence-corrected chi connectivity index (χ1v) is 13.0. The summed E-state index contributed by atoms with van der Waals surface area (Å²) in [6.45, 7) is 4.33. The van der Waals surface area contributed by atoms with Crippen molar-refractivity contribution in [3.63, 3.8) is 0 Å². The van der Waals surface area contributed by atoms with E-state index in [-0.39, 0.29) is 17.1 Å². The highest BCUT2D eigenvalue weighted by atomic mass is 79.9. The van der Waals surface area contributed by atoms with Gasteiger partial charge >= 0.3 is 0 Å². The maximum Gasteiger partial charge on any atom is 0.188 e. The van der Waals surface area contributed by atoms with Gasteiger partial charge in [-0.3, -0.25) is 4.79 Å². The van der Waals surface area contributed by atoms with Crippen LogP contribution in [0.2, 0.25) is 0 Å². The van der Waals surface area contributed by atoms with Crippen molar-refractivity contribution in [1.82, 2.24) is 5.32 Å². The molecule has 0 saturated heterocycles. The van der Waals surface area contributed by atoms with Crippen molar-refractivity contribution in [1.29, 1.82) is 0 Å². The van der Waals surface area contributed by atoms with Crippen LogP contribution in [-0.2, 0) is 4.79 Å². The molecule has 4 heteroatoms. The molecule has 3 aromatic rings. The Morgan fingerprint density at radius 1 is 0.882 bits per heavy atom. The van der Waals surface area contributed by atoms with Crippen LogP contribution >= 0.6 is 31.9 Å². The first-order valence-electron chi connectivity index (χ1n) is 11.4. The van der Waals surface area contributed by atoms with Crippen molar-refractivity contribution in [2.75, 3.05) is 0 Å². The number of carbonyl (C=O) groups is 1. The minimum atomic E-state index is -0.292. The summed E-state index contributed by atoms with van der Waals surface area (Å²) < 4.78 is 2.07. The first-order chi connectivity index (χ1) is 16.3. The van der Waals surface area contributed by atoms with Crippen LogP contribution in [0.5, 0.6) is 0 Å². The van der Waals surface area contributed by atoms with Crippen molar-refractivity contribution >= 4 is 49.4 Å². The summed E-state index contributed by atoms with van der Waals surface area (Å²) in [6, 6.07) is 26.7. The van der Waals surface area contributed by atoms with Crippen LogP contribution in [0.15, 0.2) is 111 Å². The number of dihydropyridines is 1. The molecule has 0 amide bonds. The number of hydrogen-bond donors (Lipinski definition) is 1. The van der Waals surface area contributed by atoms with Gasteiger partial charge in [-0.2, -0.15) is 0 Å². The zero-order valence-electron chi connectivity index (χ0n) is 19.1. The molecule has 1 aliphatic carbocycles. The van der Waals surface area contributed by atoms with Gasteiger partial charge < -0.3 is 5.32 Å². The number of hydrogen-bond acceptors (Lipinski definition) is 2. The summed E-state index contributed by atoms with van der Waals surface area (Å²) >= 11 is 7.03. The van der Waals surface area contributed by atoms with E-state index in [1.807, 2.05) is 54.6 Å². The average molecular weight is 575 g/mol. The monoisotopic (exact) mass is 573 g/mol. The topological polar surface area (TPSA) is 29.1 Å². The standard InChI is InChI=1S/C30H25Br2NO/c1-30(2)18-27-28(29(34)25(30)16-19-8-12-22(31)13-9-19)24(20-6-4-3-5-7-20)17-26(33-27)21-10-14-23(32)15-11-21/h3-17,24,33H,18H2,1-2H3/b25-16+. The van der Waals surface area contributed by atoms with Crippen LogP contribution in [0.1, 0.15) is 42.9 Å². The van der Waals surface area contributed by atoms with Gasteiger partial charge in [0.2, 0.25) is 0 Å². The van der Waals surface area contributed by atoms with Crippen molar-refractivity contribution in [3.8, 4) is 0 Å². The molecule has 1 atom stereocenters. The average Bonchev–Trinajstić information content (AvgIpc) is 2.83. The quantitative estimate of drug-likeness (QED) is 0.319. The third-order valence-electron chi connectivity index (χ3n) is 6.59. The van der Waals surface area contributed by atoms with Gasteiger partial charge in [0.15, 0.2) is 5.78 Å². The number of rotatable bonds is 3. The Balaban J connectivity index is 1.62. The molecule has 0 radical (unpaired) electrons. The zero-order chi connectivity index (χ0) is 23.9. The fourth-order valence-corrected chi connectivity index (χ4v) is 5.35. The summed E-state index contributed by atoms with van der Waals surface area (Å²) in [7, 11) is 0. The number of nitrogens with one attached hydrogen (secondary N) is 1. The van der Waals surface area contributed by atoms with Gasteiger partial charge in [-0.05, 0) is 64.9 Å². The highest BCUT2D eigenvalue weighted by Gasteiger charge is 2.42. The SMILES string of the molecule is CC1(C)CC2=C(C(=O)/C1=C\c1ccc(Br)cc1)C(c1ccccc1)C=C(c1ccc(Br)cc1)N2. The fraction of sp³-hybridized carbons (Fsp3) is 0.167. The molecule has 0 spiro atoms. The van der Waals surface area contributed by atoms with Crippen LogP contribution in [-0.4, -0.2) is 5.78 Å². The molecule has 0 fully saturated rings. The molecular formula is C30H25Br2NO. The first kappa shape index (κ1) is 23.1. The van der Waals surface area contributed by atoms with Gasteiger partial charge in [0, 0.05) is 37.4 Å². The number of halogens is 2. The lowest BCUT2D eigenvalue weighted by molar-refractivity contribution is -0.113. The number of Topliss-reactive ketones (excluding diaryl/α,β-unsaturated/α-hetero) is 1. The van der Waals surface area contributed by atoms with Crippen LogP contribution in [0.4, 0.5) is 0 Å². The normalized spacial score (nSPS) is 20.6. The molecular weight excluding hydrogens is 550 g/mol. The molecule has 0 aromatic heterocycles. The maximum absolute atomic E-state index is 14.1. The summed E-state index contributed by atoms with van der Waals surface area (Å²) in [4.78, 5) is 14.1. The lowest BCUT2D eigenvalue weighted by atomic mass is 9.67. The molecule has 0 bridgehead atoms. The Hall–Kier alpha value is -2.69. The second-order valence-corrected chi connectivity index (χ2v) is 11.3. The van der Waals surface area contributed by atoms with E-state index >= 15 is 0 Å². The zero-order valence-corrected chi connectivity index (χ0v) is 22.3. The number of allylic oxidation sites excluding steroid dienone is 4. The van der Waals surface area contributed by atoms with E-state index in [1.54, 1.807) is 0 Å². The maximum atomic E-state index is 14.1. The van der Waals surface area contributed by atoms with E-state index in [9.17, 15) is 4.79 Å². The lowest BCUT2D eigenvalue weighted by Gasteiger charge is -2.40. The molecule has 170 valence electrons. The van der Waals surface area contributed by atoms with Gasteiger partial charge in [0.1, 0.15) is 0 Å². The van der Waals surface area contributed by atoms with Crippen LogP contribution in [0.25, 0.3) is 11.8 Å². The summed E-state index contributed by atoms with van der Waals surface area (Å²) in [5.74, 6) is 0.0228. The third-order valence-corrected chi connectivity index (χ3v) is 7.64. The molecule has 1 N–H and O–H groups in total. The smallest absolute Gasteiger partial charge is 0.188 e. The molecule has 1 unspecified atom stereocenters. The molecule has 1 heterocycles. The number of benzene rings is 3. The van der Waals surface area contributed by atoms with E-state index in [4.69, 9.17) is 0 Å². The molecule has 34 heavy (non-hydrogen) atoms. The summed E-state index contributed by atoms with van der Waals surface area (Å²) in [5, 5.41) is 3.64. The van der Waals surface area contributed by atoms with Crippen LogP contribution < -0.4 is 5.32 Å². The molecule has 3 aromatic carbocycles. The van der Waals surface area contributed by atoms with Gasteiger partial charge in [0.05, 0.1) is 0 Å². The van der Waals surface area contributed by atoms with E-state index in [0.717, 1.165) is 54.6 Å². The number of ketones is 1. The Morgan fingerprint density at radius 2 is 1.50 bits per heavy atom. The van der Waals surface area contributed by atoms with Gasteiger partial charge in [0.25, 0.3) is 0 Å². The largest absolute Gasteiger partial charge is 0.358 e. The van der Waals surface area contributed by atoms with Crippen molar-refractivity contribution < 1.29 is 4.79 Å². The fourth-order valence-electron chi connectivity index (χ4n) is 4.82. The number of carbonyl (C=O) groups excluding carboxylic acids is 1. The minimum Gasteiger partial charge on any atom is -0.358 e. The Morgan fingerprint density at radius 3 is 2.15 bits per heavy atom. The Bertz CT molecular complexity index is 1330. The second-order valence-electron chi connectivity index (χ2n) is 9.49. The lowest BCUT2D eigenvalue weighted by Crippen LogP contribution is -2.37. The summed E-state index contributed by atoms with van der Waals surface area (Å²) in [5.41, 5.74) is 6.77. The second kappa shape index (κ2) is 9.16. The Kier molecular flexibility index (Phi) is 6.22. The molecule has 2 nitrogen and oxygen atoms in total. The molecule has 0 saturated carbocycles. The van der Waals surface area contributed by atoms with Crippen LogP contribution in [0.3, 0.4) is 0 Å². The van der Waals surface area contributed by atoms with E-state index in [1.165, 1.54) is 0 Å². The van der Waals surface area contributed by atoms with Gasteiger partial charge in [-0.15, -0.1) is 0 Å². The highest BCUT2D eigenvalue weighted by Crippen LogP contribution is 2.48. The molecule has 1 aliphatic heterocycles. The van der Waals surface area contributed by atoms with Gasteiger partial charge in [-0.1, -0.05) is 100 Å². The highest BCUT2D eigenvalue weighted by molar-refractivity contribution is 9.10. The third kappa shape index (κ3) is 4.49. The van der Waals surface area contributed by atoms with Crippen molar-refractivity contribution in [2.45, 2.75) is 26.2 Å². The summed E-state index contributed by atoms with van der Waals surface area (Å²) in [6.07, 6.45) is 5.03. The van der Waals surface area contributed by atoms with Crippen LogP contribution in [0, 0.1) is 5.41 Å². The minimum absolute atomic E-state index is 0.104. The van der Waals surface area contributed by atoms with E-state index < -0.39 is 0 Å². The van der Waals surface area contributed by atoms with Gasteiger partial charge in [-0.25, -0.2) is 0 Å². The predicted octanol–water partition coefficient (Wildman–Crippen LogP) is 8.28. The Labute approximate surface area is 217 Å². The molecule has 2 aliphatic rings. The van der Waals surface area contributed by atoms with Crippen molar-refractivity contribution in [2.24, 2.45) is 5.41 Å². The molecule has 5 rings (SSSR count). The predicted molar refractivity (Wildman–Crippen MR) is 147 cm³/mol. The van der Waals surface area contributed by atoms with E-state index in [2.05, 4.69) is 87.4 Å². The van der Waals surface area contributed by atoms with E-state index in [0.29, 0.717) is 0 Å².